The van der Waals surface area contributed by atoms with E-state index in [4.69, 9.17) is 0 Å². The van der Waals surface area contributed by atoms with Crippen LogP contribution in [-0.4, -0.2) is 42.7 Å². The molecule has 1 saturated heterocycles. The molecule has 0 amide bonds. The molecule has 1 unspecified atom stereocenters. The summed E-state index contributed by atoms with van der Waals surface area (Å²) in [5, 5.41) is 9.69. The standard InChI is InChI=1S/C16H25BrN2O/c1-4-14-11-18(3)8-5-9-19(14)16-7-6-13(12(2)20)10-15(16)17/h6-7,10,12,14,20H,4-5,8-9,11H2,1-3H3/t12-,14?/m0/s1. The zero-order chi connectivity index (χ0) is 14.7. The van der Waals surface area contributed by atoms with Crippen LogP contribution in [0.2, 0.25) is 0 Å². The Labute approximate surface area is 130 Å². The van der Waals surface area contributed by atoms with E-state index in [1.807, 2.05) is 12.1 Å². The van der Waals surface area contributed by atoms with Crippen LogP contribution in [0.25, 0.3) is 0 Å². The predicted molar refractivity (Wildman–Crippen MR) is 88.3 cm³/mol. The minimum atomic E-state index is -0.419. The lowest BCUT2D eigenvalue weighted by atomic mass is 10.1. The molecule has 1 fully saturated rings. The predicted octanol–water partition coefficient (Wildman–Crippen LogP) is 3.42. The summed E-state index contributed by atoms with van der Waals surface area (Å²) in [5.74, 6) is 0. The number of hydrogen-bond donors (Lipinski definition) is 1. The largest absolute Gasteiger partial charge is 0.389 e. The van der Waals surface area contributed by atoms with Crippen molar-refractivity contribution in [2.75, 3.05) is 31.6 Å². The molecule has 0 aliphatic carbocycles. The monoisotopic (exact) mass is 340 g/mol. The molecule has 0 spiro atoms. The zero-order valence-corrected chi connectivity index (χ0v) is 14.2. The molecule has 1 aromatic rings. The number of aliphatic hydroxyl groups is 1. The van der Waals surface area contributed by atoms with Crippen molar-refractivity contribution in [3.63, 3.8) is 0 Å². The third-order valence-corrected chi connectivity index (χ3v) is 4.77. The van der Waals surface area contributed by atoms with E-state index in [2.05, 4.69) is 45.8 Å². The number of aliphatic hydroxyl groups excluding tert-OH is 1. The van der Waals surface area contributed by atoms with Gasteiger partial charge in [0.2, 0.25) is 0 Å². The lowest BCUT2D eigenvalue weighted by Crippen LogP contribution is -2.40. The van der Waals surface area contributed by atoms with E-state index in [0.717, 1.165) is 36.1 Å². The van der Waals surface area contributed by atoms with E-state index in [1.165, 1.54) is 12.1 Å². The fourth-order valence-electron chi connectivity index (χ4n) is 2.93. The van der Waals surface area contributed by atoms with Gasteiger partial charge in [0.25, 0.3) is 0 Å². The molecule has 1 aliphatic heterocycles. The highest BCUT2D eigenvalue weighted by atomic mass is 79.9. The number of nitrogens with zero attached hydrogens (tertiary/aromatic N) is 2. The molecular weight excluding hydrogens is 316 g/mol. The van der Waals surface area contributed by atoms with Crippen molar-refractivity contribution in [2.24, 2.45) is 0 Å². The maximum atomic E-state index is 9.69. The van der Waals surface area contributed by atoms with Crippen molar-refractivity contribution in [1.29, 1.82) is 0 Å². The van der Waals surface area contributed by atoms with Crippen molar-refractivity contribution in [1.82, 2.24) is 4.90 Å². The van der Waals surface area contributed by atoms with Crippen LogP contribution in [0.15, 0.2) is 22.7 Å². The molecular formula is C16H25BrN2O. The highest BCUT2D eigenvalue weighted by Gasteiger charge is 2.23. The summed E-state index contributed by atoms with van der Waals surface area (Å²) < 4.78 is 1.08. The van der Waals surface area contributed by atoms with Gasteiger partial charge >= 0.3 is 0 Å². The summed E-state index contributed by atoms with van der Waals surface area (Å²) >= 11 is 3.68. The molecule has 0 radical (unpaired) electrons. The van der Waals surface area contributed by atoms with Crippen molar-refractivity contribution in [2.45, 2.75) is 38.8 Å². The van der Waals surface area contributed by atoms with Crippen LogP contribution < -0.4 is 4.90 Å². The van der Waals surface area contributed by atoms with Crippen LogP contribution in [0.1, 0.15) is 38.4 Å². The average Bonchev–Trinajstić information content (AvgIpc) is 2.60. The van der Waals surface area contributed by atoms with E-state index in [-0.39, 0.29) is 0 Å². The third kappa shape index (κ3) is 3.54. The summed E-state index contributed by atoms with van der Waals surface area (Å²) in [6, 6.07) is 6.77. The van der Waals surface area contributed by atoms with Gasteiger partial charge in [-0.1, -0.05) is 13.0 Å². The average molecular weight is 341 g/mol. The molecule has 3 nitrogen and oxygen atoms in total. The number of rotatable bonds is 3. The maximum Gasteiger partial charge on any atom is 0.0762 e. The van der Waals surface area contributed by atoms with Gasteiger partial charge in [0.1, 0.15) is 0 Å². The second kappa shape index (κ2) is 6.92. The Hall–Kier alpha value is -0.580. The smallest absolute Gasteiger partial charge is 0.0762 e. The SMILES string of the molecule is CCC1CN(C)CCCN1c1ccc([C@H](C)O)cc1Br. The first-order valence-corrected chi connectivity index (χ1v) is 8.25. The maximum absolute atomic E-state index is 9.69. The molecule has 20 heavy (non-hydrogen) atoms. The van der Waals surface area contributed by atoms with Gasteiger partial charge in [-0.25, -0.2) is 0 Å². The topological polar surface area (TPSA) is 26.7 Å². The van der Waals surface area contributed by atoms with Gasteiger partial charge in [-0.15, -0.1) is 0 Å². The van der Waals surface area contributed by atoms with Crippen LogP contribution in [-0.2, 0) is 0 Å². The van der Waals surface area contributed by atoms with Gasteiger partial charge in [0.15, 0.2) is 0 Å². The molecule has 2 atom stereocenters. The Morgan fingerprint density at radius 2 is 2.15 bits per heavy atom. The van der Waals surface area contributed by atoms with Crippen LogP contribution in [0.5, 0.6) is 0 Å². The van der Waals surface area contributed by atoms with Crippen molar-refractivity contribution in [3.05, 3.63) is 28.2 Å². The van der Waals surface area contributed by atoms with Gasteiger partial charge in [-0.3, -0.25) is 0 Å². The third-order valence-electron chi connectivity index (χ3n) is 4.14. The second-order valence-corrected chi connectivity index (χ2v) is 6.61. The minimum Gasteiger partial charge on any atom is -0.389 e. The summed E-state index contributed by atoms with van der Waals surface area (Å²) in [7, 11) is 2.21. The van der Waals surface area contributed by atoms with Gasteiger partial charge in [-0.05, 0) is 67.0 Å². The second-order valence-electron chi connectivity index (χ2n) is 5.76. The first-order valence-electron chi connectivity index (χ1n) is 7.45. The van der Waals surface area contributed by atoms with Crippen molar-refractivity contribution < 1.29 is 5.11 Å². The zero-order valence-electron chi connectivity index (χ0n) is 12.6. The number of halogens is 1. The molecule has 0 bridgehead atoms. The Kier molecular flexibility index (Phi) is 5.47. The van der Waals surface area contributed by atoms with E-state index in [9.17, 15) is 5.11 Å². The molecule has 1 heterocycles. The number of benzene rings is 1. The highest BCUT2D eigenvalue weighted by molar-refractivity contribution is 9.10. The summed E-state index contributed by atoms with van der Waals surface area (Å²) in [5.41, 5.74) is 2.21. The Morgan fingerprint density at radius 1 is 1.40 bits per heavy atom. The van der Waals surface area contributed by atoms with E-state index in [1.54, 1.807) is 6.92 Å². The van der Waals surface area contributed by atoms with Crippen molar-refractivity contribution >= 4 is 21.6 Å². The lowest BCUT2D eigenvalue weighted by molar-refractivity contribution is 0.199. The lowest BCUT2D eigenvalue weighted by Gasteiger charge is -2.33. The number of hydrogen-bond acceptors (Lipinski definition) is 3. The molecule has 1 aliphatic rings. The molecule has 0 aromatic heterocycles. The van der Waals surface area contributed by atoms with Crippen LogP contribution >= 0.6 is 15.9 Å². The Bertz CT molecular complexity index is 450. The highest BCUT2D eigenvalue weighted by Crippen LogP contribution is 2.32. The molecule has 2 rings (SSSR count). The van der Waals surface area contributed by atoms with Gasteiger partial charge in [0.05, 0.1) is 11.8 Å². The summed E-state index contributed by atoms with van der Waals surface area (Å²) in [4.78, 5) is 4.94. The van der Waals surface area contributed by atoms with E-state index < -0.39 is 6.10 Å². The quantitative estimate of drug-likeness (QED) is 0.913. The van der Waals surface area contributed by atoms with E-state index in [0.29, 0.717) is 6.04 Å². The molecule has 0 saturated carbocycles. The number of anilines is 1. The van der Waals surface area contributed by atoms with E-state index >= 15 is 0 Å². The minimum absolute atomic E-state index is 0.419. The summed E-state index contributed by atoms with van der Waals surface area (Å²) in [6.07, 6.45) is 1.92. The molecule has 1 aromatic carbocycles. The van der Waals surface area contributed by atoms with Gasteiger partial charge < -0.3 is 14.9 Å². The van der Waals surface area contributed by atoms with Crippen LogP contribution in [0.3, 0.4) is 0 Å². The molecule has 112 valence electrons. The van der Waals surface area contributed by atoms with Crippen LogP contribution in [0, 0.1) is 0 Å². The Balaban J connectivity index is 2.28. The fraction of sp³-hybridized carbons (Fsp3) is 0.625. The van der Waals surface area contributed by atoms with Gasteiger partial charge in [0, 0.05) is 23.6 Å². The molecule has 1 N–H and O–H groups in total. The van der Waals surface area contributed by atoms with Gasteiger partial charge in [-0.2, -0.15) is 0 Å². The molecule has 4 heteroatoms. The Morgan fingerprint density at radius 3 is 2.75 bits per heavy atom. The first kappa shape index (κ1) is 15.8. The van der Waals surface area contributed by atoms with Crippen molar-refractivity contribution in [3.8, 4) is 0 Å². The summed E-state index contributed by atoms with van der Waals surface area (Å²) in [6.45, 7) is 7.43. The normalized spacial score (nSPS) is 22.6. The first-order chi connectivity index (χ1) is 9.52. The number of likely N-dealkylation sites (N-methyl/N-ethyl adjacent to an activating group) is 1. The fourth-order valence-corrected chi connectivity index (χ4v) is 3.55. The van der Waals surface area contributed by atoms with Crippen LogP contribution in [0.4, 0.5) is 5.69 Å².